The summed E-state index contributed by atoms with van der Waals surface area (Å²) in [7, 11) is 0. The Labute approximate surface area is 417 Å². The van der Waals surface area contributed by atoms with Crippen molar-refractivity contribution < 1.29 is 34.4 Å². The monoisotopic (exact) mass is 989 g/mol. The lowest BCUT2D eigenvalue weighted by atomic mass is 9.85. The topological polar surface area (TPSA) is 220 Å². The summed E-state index contributed by atoms with van der Waals surface area (Å²) in [6, 6.07) is 26.0. The summed E-state index contributed by atoms with van der Waals surface area (Å²) in [6.07, 6.45) is 0.657. The molecule has 0 bridgehead atoms. The molecule has 70 heavy (non-hydrogen) atoms. The van der Waals surface area contributed by atoms with E-state index in [1.165, 1.54) is 4.90 Å². The van der Waals surface area contributed by atoms with E-state index in [-0.39, 0.29) is 50.8 Å². The molecule has 1 fully saturated rings. The number of hydrogen-bond donors (Lipinski definition) is 6. The first-order valence-electron chi connectivity index (χ1n) is 23.1. The van der Waals surface area contributed by atoms with E-state index in [9.17, 15) is 24.9 Å². The van der Waals surface area contributed by atoms with Gasteiger partial charge in [0.25, 0.3) is 0 Å². The van der Waals surface area contributed by atoms with Gasteiger partial charge < -0.3 is 35.0 Å². The molecule has 1 saturated heterocycles. The Morgan fingerprint density at radius 2 is 1.63 bits per heavy atom. The number of thiazole rings is 1. The molecule has 4 heterocycles. The van der Waals surface area contributed by atoms with Gasteiger partial charge >= 0.3 is 0 Å². The first kappa shape index (κ1) is 51.8. The summed E-state index contributed by atoms with van der Waals surface area (Å²) in [5.41, 5.74) is 8.46. The number of aliphatic hydroxyl groups is 3. The fraction of sp³-hybridized carbons (Fsp3) is 0.385. The number of carbonyl (C=O) groups excluding carboxylic acids is 2. The summed E-state index contributed by atoms with van der Waals surface area (Å²) in [6.45, 7) is 12.1. The Balaban J connectivity index is 0.829. The van der Waals surface area contributed by atoms with Gasteiger partial charge in [0.2, 0.25) is 17.7 Å². The number of benzene rings is 3. The summed E-state index contributed by atoms with van der Waals surface area (Å²) in [5, 5.41) is 56.0. The minimum atomic E-state index is -1.22. The van der Waals surface area contributed by atoms with Gasteiger partial charge in [-0.05, 0) is 72.7 Å². The molecule has 0 saturated carbocycles. The van der Waals surface area contributed by atoms with E-state index in [1.54, 1.807) is 40.4 Å². The summed E-state index contributed by atoms with van der Waals surface area (Å²) in [4.78, 5) is 39.0. The van der Waals surface area contributed by atoms with Crippen LogP contribution < -0.4 is 20.7 Å². The number of amides is 2. The number of nitrogens with zero attached hydrogens (tertiary/aromatic N) is 6. The summed E-state index contributed by atoms with van der Waals surface area (Å²) in [5.74, 6) is -0.376. The van der Waals surface area contributed by atoms with E-state index in [2.05, 4.69) is 37.1 Å². The number of ether oxygens (including phenoxy) is 2. The van der Waals surface area contributed by atoms with Crippen LogP contribution in [-0.2, 0) is 20.9 Å². The summed E-state index contributed by atoms with van der Waals surface area (Å²) < 4.78 is 13.3. The number of aromatic nitrogens is 4. The second kappa shape index (κ2) is 23.2. The van der Waals surface area contributed by atoms with Crippen molar-refractivity contribution in [1.29, 1.82) is 5.26 Å². The Morgan fingerprint density at radius 1 is 0.929 bits per heavy atom. The molecule has 0 radical (unpaired) electrons. The van der Waals surface area contributed by atoms with Crippen LogP contribution in [0.2, 0.25) is 5.02 Å². The highest BCUT2D eigenvalue weighted by Gasteiger charge is 2.44. The van der Waals surface area contributed by atoms with Gasteiger partial charge in [0.05, 0.1) is 70.3 Å². The number of nitrogens with one attached hydrogen (secondary N) is 3. The highest BCUT2D eigenvalue weighted by molar-refractivity contribution is 7.13. The van der Waals surface area contributed by atoms with Crippen molar-refractivity contribution in [3.63, 3.8) is 0 Å². The van der Waals surface area contributed by atoms with E-state index in [4.69, 9.17) is 26.3 Å². The molecule has 18 heteroatoms. The van der Waals surface area contributed by atoms with Gasteiger partial charge in [-0.25, -0.2) is 9.97 Å². The molecule has 368 valence electrons. The number of likely N-dealkylation sites (tertiary alicyclic amines) is 1. The normalized spacial score (nSPS) is 17.1. The second-order valence-corrected chi connectivity index (χ2v) is 19.9. The molecule has 6 N–H and O–H groups in total. The van der Waals surface area contributed by atoms with Crippen LogP contribution in [0.4, 0.5) is 0 Å². The van der Waals surface area contributed by atoms with Crippen molar-refractivity contribution in [2.24, 2.45) is 5.41 Å². The Hall–Kier alpha value is -6.07. The van der Waals surface area contributed by atoms with Crippen molar-refractivity contribution in [3.8, 4) is 44.8 Å². The molecule has 7 atom stereocenters. The van der Waals surface area contributed by atoms with Gasteiger partial charge in [-0.15, -0.1) is 11.3 Å². The van der Waals surface area contributed by atoms with Crippen LogP contribution in [0.15, 0.2) is 103 Å². The highest BCUT2D eigenvalue weighted by Crippen LogP contribution is 2.31. The average molecular weight is 991 g/mol. The predicted molar refractivity (Wildman–Crippen MR) is 268 cm³/mol. The third-order valence-electron chi connectivity index (χ3n) is 12.1. The number of aryl methyl sites for hydroxylation is 1. The van der Waals surface area contributed by atoms with Crippen molar-refractivity contribution in [3.05, 3.63) is 130 Å². The van der Waals surface area contributed by atoms with E-state index in [0.717, 1.165) is 44.1 Å². The van der Waals surface area contributed by atoms with Crippen LogP contribution in [0.1, 0.15) is 75.7 Å². The van der Waals surface area contributed by atoms with Crippen LogP contribution >= 0.6 is 22.9 Å². The molecular weight excluding hydrogens is 930 g/mol. The number of carbonyl (C=O) groups is 2. The van der Waals surface area contributed by atoms with Gasteiger partial charge in [0.1, 0.15) is 31.2 Å². The zero-order valence-corrected chi connectivity index (χ0v) is 41.6. The number of nitriles is 1. The third-order valence-corrected chi connectivity index (χ3v) is 13.4. The molecule has 7 rings (SSSR count). The van der Waals surface area contributed by atoms with Crippen molar-refractivity contribution in [2.75, 3.05) is 26.4 Å². The van der Waals surface area contributed by atoms with Crippen molar-refractivity contribution in [2.45, 2.75) is 97.2 Å². The van der Waals surface area contributed by atoms with E-state index in [1.807, 2.05) is 120 Å². The maximum Gasteiger partial charge on any atom is 0.243 e. The number of β-amino-alcohol motifs (C(OH)–C–C–N with tert-alkyl or cyclic N) is 1. The Kier molecular flexibility index (Phi) is 17.2. The number of pyridine rings is 1. The molecule has 3 aromatic carbocycles. The van der Waals surface area contributed by atoms with Crippen LogP contribution in [0, 0.1) is 23.7 Å². The van der Waals surface area contributed by atoms with Crippen LogP contribution in [-0.4, -0.2) is 109 Å². The van der Waals surface area contributed by atoms with Crippen LogP contribution in [0.25, 0.3) is 32.8 Å². The maximum absolute atomic E-state index is 14.1. The zero-order valence-electron chi connectivity index (χ0n) is 40.0. The van der Waals surface area contributed by atoms with Crippen LogP contribution in [0.3, 0.4) is 0 Å². The lowest BCUT2D eigenvalue weighted by Crippen LogP contribution is -2.59. The van der Waals surface area contributed by atoms with Gasteiger partial charge in [-0.3, -0.25) is 24.9 Å². The number of hydrogen-bond acceptors (Lipinski definition) is 14. The molecule has 1 aliphatic rings. The standard InChI is InChI=1S/C52H60ClN9O7S/c1-31(27-61-20-19-43(60-61)38-15-16-39(25-54)42(53)23-38)57-49(65)37-13-9-35(10-14-37)40-17-18-46(55-26-40)69-22-21-68-29-45(64)59-48(52(4,5)6)51(67)62-28-41(63)24-44(62)50(66)58-32(2)34-7-11-36(12-8-34)47-33(3)56-30-70-47/h7-20,23,26,30-32,41,44-45,48-49,57,59,63-65H,21-22,24,27-29H2,1-6H3,(H,58,66)/t31?,32-,41+,44?,45?,48+,49?/m0/s1. The van der Waals surface area contributed by atoms with E-state index >= 15 is 0 Å². The first-order valence-corrected chi connectivity index (χ1v) is 24.4. The minimum Gasteiger partial charge on any atom is -0.475 e. The van der Waals surface area contributed by atoms with Crippen LogP contribution in [0.5, 0.6) is 5.88 Å². The molecule has 6 aromatic rings. The molecule has 3 aromatic heterocycles. The second-order valence-electron chi connectivity index (χ2n) is 18.6. The van der Waals surface area contributed by atoms with Crippen molar-refractivity contribution in [1.82, 2.24) is 40.6 Å². The van der Waals surface area contributed by atoms with Gasteiger partial charge in [-0.1, -0.05) is 87.0 Å². The highest BCUT2D eigenvalue weighted by atomic mass is 35.5. The molecular formula is C52H60ClN9O7S. The number of halogens is 1. The zero-order chi connectivity index (χ0) is 50.1. The van der Waals surface area contributed by atoms with Gasteiger partial charge in [-0.2, -0.15) is 10.4 Å². The predicted octanol–water partition coefficient (Wildman–Crippen LogP) is 6.80. The lowest BCUT2D eigenvalue weighted by Gasteiger charge is -2.36. The Morgan fingerprint density at radius 3 is 2.29 bits per heavy atom. The molecule has 2 amide bonds. The minimum absolute atomic E-state index is 0.00701. The Bertz CT molecular complexity index is 2740. The third kappa shape index (κ3) is 13.2. The van der Waals surface area contributed by atoms with E-state index in [0.29, 0.717) is 28.6 Å². The molecule has 1 aliphatic heterocycles. The molecule has 0 aliphatic carbocycles. The summed E-state index contributed by atoms with van der Waals surface area (Å²) >= 11 is 7.78. The SMILES string of the molecule is Cc1ncsc1-c1ccc([C@H](C)NC(=O)C2C[C@@H](O)CN2C(=O)[C@@H](NC(O)COCCOc2ccc(-c3ccc(C(O)NC(C)Cn4ccc(-c5ccc(C#N)c(Cl)c5)n4)cc3)cn2)C(C)(C)C)cc1. The smallest absolute Gasteiger partial charge is 0.243 e. The number of aliphatic hydroxyl groups excluding tert-OH is 3. The quantitative estimate of drug-likeness (QED) is 0.0343. The van der Waals surface area contributed by atoms with Crippen molar-refractivity contribution >= 4 is 34.8 Å². The van der Waals surface area contributed by atoms with Gasteiger partial charge in [0, 0.05) is 48.6 Å². The molecule has 0 spiro atoms. The maximum atomic E-state index is 14.1. The first-order chi connectivity index (χ1) is 33.5. The average Bonchev–Trinajstić information content (AvgIpc) is 4.10. The molecule has 4 unspecified atom stereocenters. The number of rotatable bonds is 20. The fourth-order valence-corrected chi connectivity index (χ4v) is 9.31. The molecule has 16 nitrogen and oxygen atoms in total. The lowest BCUT2D eigenvalue weighted by molar-refractivity contribution is -0.144. The largest absolute Gasteiger partial charge is 0.475 e. The fourth-order valence-electron chi connectivity index (χ4n) is 8.27. The van der Waals surface area contributed by atoms with E-state index < -0.39 is 42.0 Å². The van der Waals surface area contributed by atoms with Gasteiger partial charge in [0.15, 0.2) is 0 Å².